The molecule has 0 N–H and O–H groups in total. The minimum absolute atomic E-state index is 0.132. The molecule has 16 heavy (non-hydrogen) atoms. The SMILES string of the molecule is CC(C)OCC(=O)N1CCCC1CCCBr. The summed E-state index contributed by atoms with van der Waals surface area (Å²) in [5, 5.41) is 1.02. The molecule has 4 heteroatoms. The predicted octanol–water partition coefficient (Wildman–Crippen LogP) is 2.58. The summed E-state index contributed by atoms with van der Waals surface area (Å²) in [6.45, 7) is 5.06. The van der Waals surface area contributed by atoms with E-state index in [1.807, 2.05) is 18.7 Å². The van der Waals surface area contributed by atoms with Crippen molar-refractivity contribution in [3.05, 3.63) is 0 Å². The van der Waals surface area contributed by atoms with Crippen molar-refractivity contribution < 1.29 is 9.53 Å². The Balaban J connectivity index is 2.35. The first kappa shape index (κ1) is 14.0. The second-order valence-electron chi connectivity index (χ2n) is 4.57. The van der Waals surface area contributed by atoms with Gasteiger partial charge in [0.15, 0.2) is 0 Å². The van der Waals surface area contributed by atoms with Gasteiger partial charge in [-0.1, -0.05) is 15.9 Å². The summed E-state index contributed by atoms with van der Waals surface area (Å²) in [5.41, 5.74) is 0. The number of carbonyl (C=O) groups is 1. The van der Waals surface area contributed by atoms with Crippen molar-refractivity contribution in [2.24, 2.45) is 0 Å². The van der Waals surface area contributed by atoms with Crippen LogP contribution >= 0.6 is 15.9 Å². The van der Waals surface area contributed by atoms with E-state index >= 15 is 0 Å². The van der Waals surface area contributed by atoms with Crippen LogP contribution in [-0.2, 0) is 9.53 Å². The van der Waals surface area contributed by atoms with Gasteiger partial charge in [0, 0.05) is 17.9 Å². The molecule has 0 aromatic rings. The van der Waals surface area contributed by atoms with Crippen LogP contribution in [-0.4, -0.2) is 41.4 Å². The molecule has 3 nitrogen and oxygen atoms in total. The average molecular weight is 292 g/mol. The zero-order valence-electron chi connectivity index (χ0n) is 10.2. The van der Waals surface area contributed by atoms with E-state index in [2.05, 4.69) is 15.9 Å². The van der Waals surface area contributed by atoms with Gasteiger partial charge in [0.1, 0.15) is 6.61 Å². The van der Waals surface area contributed by atoms with Crippen LogP contribution in [0.5, 0.6) is 0 Å². The quantitative estimate of drug-likeness (QED) is 0.704. The molecule has 1 rings (SSSR count). The Bertz CT molecular complexity index is 221. The molecule has 0 bridgehead atoms. The molecule has 0 radical (unpaired) electrons. The second-order valence-corrected chi connectivity index (χ2v) is 5.37. The molecular formula is C12H22BrNO2. The van der Waals surface area contributed by atoms with Gasteiger partial charge >= 0.3 is 0 Å². The molecule has 0 spiro atoms. The lowest BCUT2D eigenvalue weighted by Gasteiger charge is -2.25. The number of ether oxygens (including phenoxy) is 1. The van der Waals surface area contributed by atoms with Crippen molar-refractivity contribution in [3.8, 4) is 0 Å². The summed E-state index contributed by atoms with van der Waals surface area (Å²) in [7, 11) is 0. The van der Waals surface area contributed by atoms with Crippen LogP contribution in [0.1, 0.15) is 39.5 Å². The lowest BCUT2D eigenvalue weighted by Crippen LogP contribution is -2.38. The number of alkyl halides is 1. The molecule has 0 saturated carbocycles. The first-order valence-corrected chi connectivity index (χ1v) is 7.24. The highest BCUT2D eigenvalue weighted by Crippen LogP contribution is 2.21. The first-order chi connectivity index (χ1) is 7.65. The van der Waals surface area contributed by atoms with Crippen LogP contribution < -0.4 is 0 Å². The summed E-state index contributed by atoms with van der Waals surface area (Å²) in [5.74, 6) is 0.158. The molecule has 1 fully saturated rings. The van der Waals surface area contributed by atoms with E-state index in [1.165, 1.54) is 0 Å². The smallest absolute Gasteiger partial charge is 0.248 e. The highest BCUT2D eigenvalue weighted by atomic mass is 79.9. The van der Waals surface area contributed by atoms with Crippen molar-refractivity contribution >= 4 is 21.8 Å². The molecule has 1 unspecified atom stereocenters. The van der Waals surface area contributed by atoms with E-state index in [0.29, 0.717) is 6.04 Å². The Labute approximate surface area is 107 Å². The van der Waals surface area contributed by atoms with Crippen molar-refractivity contribution in [1.82, 2.24) is 4.90 Å². The molecule has 94 valence electrons. The minimum atomic E-state index is 0.132. The van der Waals surface area contributed by atoms with Crippen LogP contribution in [0.25, 0.3) is 0 Å². The second kappa shape index (κ2) is 7.28. The fraction of sp³-hybridized carbons (Fsp3) is 0.917. The normalized spacial score (nSPS) is 20.8. The van der Waals surface area contributed by atoms with Crippen molar-refractivity contribution in [3.63, 3.8) is 0 Å². The Morgan fingerprint density at radius 1 is 1.56 bits per heavy atom. The fourth-order valence-electron chi connectivity index (χ4n) is 2.10. The number of likely N-dealkylation sites (tertiary alicyclic amines) is 1. The molecule has 1 aliphatic rings. The number of rotatable bonds is 6. The third-order valence-electron chi connectivity index (χ3n) is 2.91. The molecular weight excluding hydrogens is 270 g/mol. The highest BCUT2D eigenvalue weighted by molar-refractivity contribution is 9.09. The Morgan fingerprint density at radius 3 is 2.94 bits per heavy atom. The van der Waals surface area contributed by atoms with E-state index in [-0.39, 0.29) is 18.6 Å². The lowest BCUT2D eigenvalue weighted by atomic mass is 10.1. The van der Waals surface area contributed by atoms with Crippen molar-refractivity contribution in [1.29, 1.82) is 0 Å². The fourth-order valence-corrected chi connectivity index (χ4v) is 2.42. The average Bonchev–Trinajstić information content (AvgIpc) is 2.71. The highest BCUT2D eigenvalue weighted by Gasteiger charge is 2.27. The zero-order valence-corrected chi connectivity index (χ0v) is 11.8. The van der Waals surface area contributed by atoms with E-state index in [1.54, 1.807) is 0 Å². The van der Waals surface area contributed by atoms with Gasteiger partial charge < -0.3 is 9.64 Å². The van der Waals surface area contributed by atoms with Gasteiger partial charge in [-0.2, -0.15) is 0 Å². The zero-order chi connectivity index (χ0) is 12.0. The Kier molecular flexibility index (Phi) is 6.36. The monoisotopic (exact) mass is 291 g/mol. The predicted molar refractivity (Wildman–Crippen MR) is 68.9 cm³/mol. The number of nitrogens with zero attached hydrogens (tertiary/aromatic N) is 1. The van der Waals surface area contributed by atoms with E-state index in [9.17, 15) is 4.79 Å². The maximum Gasteiger partial charge on any atom is 0.248 e. The van der Waals surface area contributed by atoms with Crippen LogP contribution in [0.2, 0.25) is 0 Å². The first-order valence-electron chi connectivity index (χ1n) is 6.12. The molecule has 1 amide bonds. The van der Waals surface area contributed by atoms with Crippen LogP contribution in [0.4, 0.5) is 0 Å². The van der Waals surface area contributed by atoms with E-state index in [0.717, 1.165) is 37.6 Å². The van der Waals surface area contributed by atoms with E-state index < -0.39 is 0 Å². The maximum atomic E-state index is 11.9. The number of hydrogen-bond acceptors (Lipinski definition) is 2. The third-order valence-corrected chi connectivity index (χ3v) is 3.47. The van der Waals surface area contributed by atoms with Gasteiger partial charge in [-0.05, 0) is 39.5 Å². The van der Waals surface area contributed by atoms with Crippen molar-refractivity contribution in [2.75, 3.05) is 18.5 Å². The number of halogens is 1. The van der Waals surface area contributed by atoms with Gasteiger partial charge in [-0.3, -0.25) is 4.79 Å². The third kappa shape index (κ3) is 4.42. The van der Waals surface area contributed by atoms with Crippen LogP contribution in [0, 0.1) is 0 Å². The maximum absolute atomic E-state index is 11.9. The molecule has 1 atom stereocenters. The van der Waals surface area contributed by atoms with Gasteiger partial charge in [0.2, 0.25) is 5.91 Å². The Morgan fingerprint density at radius 2 is 2.31 bits per heavy atom. The largest absolute Gasteiger partial charge is 0.369 e. The molecule has 1 aliphatic heterocycles. The number of carbonyl (C=O) groups excluding carboxylic acids is 1. The minimum Gasteiger partial charge on any atom is -0.369 e. The number of amides is 1. The van der Waals surface area contributed by atoms with Crippen LogP contribution in [0.15, 0.2) is 0 Å². The van der Waals surface area contributed by atoms with E-state index in [4.69, 9.17) is 4.74 Å². The molecule has 0 aromatic carbocycles. The molecule has 0 aromatic heterocycles. The summed E-state index contributed by atoms with van der Waals surface area (Å²) in [6.07, 6.45) is 4.67. The van der Waals surface area contributed by atoms with Crippen molar-refractivity contribution in [2.45, 2.75) is 51.7 Å². The lowest BCUT2D eigenvalue weighted by molar-refractivity contribution is -0.138. The van der Waals surface area contributed by atoms with Gasteiger partial charge in [0.05, 0.1) is 6.10 Å². The van der Waals surface area contributed by atoms with Gasteiger partial charge in [-0.15, -0.1) is 0 Å². The topological polar surface area (TPSA) is 29.5 Å². The standard InChI is InChI=1S/C12H22BrNO2/c1-10(2)16-9-12(15)14-8-4-6-11(14)5-3-7-13/h10-11H,3-9H2,1-2H3. The summed E-state index contributed by atoms with van der Waals surface area (Å²) >= 11 is 3.44. The summed E-state index contributed by atoms with van der Waals surface area (Å²) in [4.78, 5) is 13.9. The van der Waals surface area contributed by atoms with Gasteiger partial charge in [0.25, 0.3) is 0 Å². The number of hydrogen-bond donors (Lipinski definition) is 0. The van der Waals surface area contributed by atoms with Crippen LogP contribution in [0.3, 0.4) is 0 Å². The summed E-state index contributed by atoms with van der Waals surface area (Å²) < 4.78 is 5.37. The molecule has 1 saturated heterocycles. The van der Waals surface area contributed by atoms with Gasteiger partial charge in [-0.25, -0.2) is 0 Å². The Hall–Kier alpha value is -0.0900. The molecule has 1 heterocycles. The molecule has 0 aliphatic carbocycles. The summed E-state index contributed by atoms with van der Waals surface area (Å²) in [6, 6.07) is 0.445.